The summed E-state index contributed by atoms with van der Waals surface area (Å²) in [5.74, 6) is 0.585. The zero-order valence-electron chi connectivity index (χ0n) is 17.9. The lowest BCUT2D eigenvalue weighted by atomic mass is 10.0. The van der Waals surface area contributed by atoms with Gasteiger partial charge in [0.25, 0.3) is 5.91 Å². The fourth-order valence-corrected chi connectivity index (χ4v) is 3.36. The summed E-state index contributed by atoms with van der Waals surface area (Å²) in [7, 11) is 5.58. The van der Waals surface area contributed by atoms with Gasteiger partial charge >= 0.3 is 0 Å². The summed E-state index contributed by atoms with van der Waals surface area (Å²) in [4.78, 5) is 23.7. The second-order valence-corrected chi connectivity index (χ2v) is 7.53. The van der Waals surface area contributed by atoms with Crippen LogP contribution in [-0.4, -0.2) is 59.5 Å². The molecule has 0 spiro atoms. The Bertz CT molecular complexity index is 1220. The number of pyridine rings is 2. The molecule has 3 aromatic heterocycles. The number of hydrogen-bond acceptors (Lipinski definition) is 5. The zero-order chi connectivity index (χ0) is 21.8. The second kappa shape index (κ2) is 8.97. The highest BCUT2D eigenvalue weighted by atomic mass is 16.5. The van der Waals surface area contributed by atoms with E-state index in [1.807, 2.05) is 72.3 Å². The van der Waals surface area contributed by atoms with Gasteiger partial charge in [-0.15, -0.1) is 0 Å². The third kappa shape index (κ3) is 4.57. The minimum Gasteiger partial charge on any atom is -0.495 e. The molecule has 0 atom stereocenters. The van der Waals surface area contributed by atoms with Crippen LogP contribution in [0.2, 0.25) is 0 Å². The Balaban J connectivity index is 1.65. The van der Waals surface area contributed by atoms with Crippen molar-refractivity contribution in [1.29, 1.82) is 0 Å². The number of carbonyl (C=O) groups excluding carboxylic acids is 1. The van der Waals surface area contributed by atoms with Crippen LogP contribution in [0.5, 0.6) is 5.75 Å². The first-order chi connectivity index (χ1) is 15.0. The van der Waals surface area contributed by atoms with Gasteiger partial charge in [-0.2, -0.15) is 0 Å². The molecular weight excluding hydrogens is 390 g/mol. The van der Waals surface area contributed by atoms with Gasteiger partial charge < -0.3 is 19.4 Å². The molecule has 0 unspecified atom stereocenters. The molecule has 1 aromatic carbocycles. The number of benzene rings is 1. The smallest absolute Gasteiger partial charge is 0.255 e. The van der Waals surface area contributed by atoms with Crippen LogP contribution in [0.4, 0.5) is 0 Å². The van der Waals surface area contributed by atoms with Crippen molar-refractivity contribution in [2.75, 3.05) is 34.3 Å². The van der Waals surface area contributed by atoms with Gasteiger partial charge in [-0.25, -0.2) is 4.98 Å². The number of amides is 1. The molecule has 4 aromatic rings. The van der Waals surface area contributed by atoms with Crippen LogP contribution < -0.4 is 10.1 Å². The molecule has 0 aliphatic heterocycles. The number of ether oxygens (including phenoxy) is 1. The van der Waals surface area contributed by atoms with Crippen LogP contribution in [0.3, 0.4) is 0 Å². The first kappa shape index (κ1) is 20.6. The molecule has 0 fully saturated rings. The fraction of sp³-hybridized carbons (Fsp3) is 0.208. The van der Waals surface area contributed by atoms with Crippen molar-refractivity contribution in [2.45, 2.75) is 0 Å². The summed E-state index contributed by atoms with van der Waals surface area (Å²) >= 11 is 0. The predicted octanol–water partition coefficient (Wildman–Crippen LogP) is 3.36. The monoisotopic (exact) mass is 415 g/mol. The van der Waals surface area contributed by atoms with E-state index in [-0.39, 0.29) is 5.91 Å². The summed E-state index contributed by atoms with van der Waals surface area (Å²) < 4.78 is 7.17. The zero-order valence-corrected chi connectivity index (χ0v) is 17.9. The first-order valence-corrected chi connectivity index (χ1v) is 10.1. The molecular formula is C24H25N5O2. The van der Waals surface area contributed by atoms with Crippen molar-refractivity contribution in [3.8, 4) is 28.1 Å². The van der Waals surface area contributed by atoms with E-state index in [1.165, 1.54) is 0 Å². The number of aromatic nitrogens is 3. The molecule has 3 heterocycles. The average Bonchev–Trinajstić information content (AvgIpc) is 3.23. The molecule has 7 nitrogen and oxygen atoms in total. The van der Waals surface area contributed by atoms with Crippen molar-refractivity contribution >= 4 is 11.6 Å². The minimum absolute atomic E-state index is 0.124. The fourth-order valence-electron chi connectivity index (χ4n) is 3.36. The SMILES string of the molecule is COc1cncc(-c2cccc(-c3cn4cccc(C(=O)NCCN(C)C)c4n3)c2)c1. The number of carbonyl (C=O) groups is 1. The van der Waals surface area contributed by atoms with E-state index in [1.54, 1.807) is 19.4 Å². The largest absolute Gasteiger partial charge is 0.495 e. The molecule has 1 amide bonds. The van der Waals surface area contributed by atoms with Crippen molar-refractivity contribution in [1.82, 2.24) is 24.6 Å². The van der Waals surface area contributed by atoms with Gasteiger partial charge in [-0.3, -0.25) is 9.78 Å². The summed E-state index contributed by atoms with van der Waals surface area (Å²) in [6.45, 7) is 1.36. The molecule has 7 heteroatoms. The average molecular weight is 415 g/mol. The van der Waals surface area contributed by atoms with E-state index < -0.39 is 0 Å². The van der Waals surface area contributed by atoms with Gasteiger partial charge in [-0.1, -0.05) is 18.2 Å². The first-order valence-electron chi connectivity index (χ1n) is 10.1. The number of methoxy groups -OCH3 is 1. The molecule has 158 valence electrons. The molecule has 4 rings (SSSR count). The number of imidazole rings is 1. The van der Waals surface area contributed by atoms with E-state index in [2.05, 4.69) is 16.4 Å². The van der Waals surface area contributed by atoms with Crippen LogP contribution in [0.25, 0.3) is 28.0 Å². The lowest BCUT2D eigenvalue weighted by Gasteiger charge is -2.10. The number of rotatable bonds is 7. The second-order valence-electron chi connectivity index (χ2n) is 7.53. The van der Waals surface area contributed by atoms with Gasteiger partial charge in [0, 0.05) is 42.8 Å². The van der Waals surface area contributed by atoms with E-state index in [4.69, 9.17) is 9.72 Å². The molecule has 0 saturated carbocycles. The highest BCUT2D eigenvalue weighted by Crippen LogP contribution is 2.28. The quantitative estimate of drug-likeness (QED) is 0.501. The summed E-state index contributed by atoms with van der Waals surface area (Å²) in [6, 6.07) is 13.7. The topological polar surface area (TPSA) is 71.8 Å². The lowest BCUT2D eigenvalue weighted by molar-refractivity contribution is 0.0952. The van der Waals surface area contributed by atoms with Crippen molar-refractivity contribution in [3.63, 3.8) is 0 Å². The highest BCUT2D eigenvalue weighted by Gasteiger charge is 2.14. The molecule has 1 N–H and O–H groups in total. The van der Waals surface area contributed by atoms with Crippen LogP contribution in [0.15, 0.2) is 67.3 Å². The van der Waals surface area contributed by atoms with Crippen LogP contribution in [0.1, 0.15) is 10.4 Å². The molecule has 0 saturated heterocycles. The van der Waals surface area contributed by atoms with Gasteiger partial charge in [0.15, 0.2) is 0 Å². The Labute approximate surface area is 181 Å². The van der Waals surface area contributed by atoms with E-state index in [9.17, 15) is 4.79 Å². The summed E-state index contributed by atoms with van der Waals surface area (Å²) in [5.41, 5.74) is 4.93. The molecule has 0 aliphatic rings. The minimum atomic E-state index is -0.124. The third-order valence-corrected chi connectivity index (χ3v) is 5.01. The predicted molar refractivity (Wildman–Crippen MR) is 121 cm³/mol. The molecule has 0 aliphatic carbocycles. The number of nitrogens with one attached hydrogen (secondary N) is 1. The van der Waals surface area contributed by atoms with E-state index in [0.717, 1.165) is 28.9 Å². The summed E-state index contributed by atoms with van der Waals surface area (Å²) in [5, 5.41) is 2.96. The van der Waals surface area contributed by atoms with Crippen molar-refractivity contribution < 1.29 is 9.53 Å². The Kier molecular flexibility index (Phi) is 5.95. The molecule has 0 radical (unpaired) electrons. The highest BCUT2D eigenvalue weighted by molar-refractivity contribution is 6.00. The maximum atomic E-state index is 12.7. The Morgan fingerprint density at radius 2 is 1.94 bits per heavy atom. The van der Waals surface area contributed by atoms with Crippen molar-refractivity contribution in [3.05, 3.63) is 72.8 Å². The third-order valence-electron chi connectivity index (χ3n) is 5.01. The van der Waals surface area contributed by atoms with E-state index >= 15 is 0 Å². The maximum absolute atomic E-state index is 12.7. The number of fused-ring (bicyclic) bond motifs is 1. The Morgan fingerprint density at radius 3 is 2.74 bits per heavy atom. The van der Waals surface area contributed by atoms with E-state index in [0.29, 0.717) is 23.5 Å². The van der Waals surface area contributed by atoms with Crippen LogP contribution >= 0.6 is 0 Å². The lowest BCUT2D eigenvalue weighted by Crippen LogP contribution is -2.31. The van der Waals surface area contributed by atoms with Gasteiger partial charge in [0.1, 0.15) is 11.4 Å². The van der Waals surface area contributed by atoms with Gasteiger partial charge in [0.05, 0.1) is 24.6 Å². The normalized spacial score (nSPS) is 11.1. The number of likely N-dealkylation sites (N-methyl/N-ethyl adjacent to an activating group) is 1. The Morgan fingerprint density at radius 1 is 1.10 bits per heavy atom. The van der Waals surface area contributed by atoms with Crippen LogP contribution in [0, 0.1) is 0 Å². The van der Waals surface area contributed by atoms with Crippen LogP contribution in [-0.2, 0) is 0 Å². The van der Waals surface area contributed by atoms with Gasteiger partial charge in [-0.05, 0) is 43.9 Å². The standard InChI is InChI=1S/C24H25N5O2/c1-28(2)11-9-26-24(30)21-8-5-10-29-16-22(27-23(21)29)18-7-4-6-17(12-18)19-13-20(31-3)15-25-14-19/h4-8,10,12-16H,9,11H2,1-3H3,(H,26,30). The van der Waals surface area contributed by atoms with Gasteiger partial charge in [0.2, 0.25) is 0 Å². The molecule has 31 heavy (non-hydrogen) atoms. The van der Waals surface area contributed by atoms with Crippen molar-refractivity contribution in [2.24, 2.45) is 0 Å². The maximum Gasteiger partial charge on any atom is 0.255 e. The number of hydrogen-bond donors (Lipinski definition) is 1. The number of nitrogens with zero attached hydrogens (tertiary/aromatic N) is 4. The molecule has 0 bridgehead atoms. The Hall–Kier alpha value is -3.71. The summed E-state index contributed by atoms with van der Waals surface area (Å²) in [6.07, 6.45) is 7.33.